The summed E-state index contributed by atoms with van der Waals surface area (Å²) in [7, 11) is 0. The summed E-state index contributed by atoms with van der Waals surface area (Å²) in [5, 5.41) is 2.52. The summed E-state index contributed by atoms with van der Waals surface area (Å²) in [5.74, 6) is 2.15. The molecule has 0 bridgehead atoms. The first-order valence-electron chi connectivity index (χ1n) is 11.1. The van der Waals surface area contributed by atoms with Crippen molar-refractivity contribution >= 4 is 10.8 Å². The van der Waals surface area contributed by atoms with Crippen molar-refractivity contribution in [2.24, 2.45) is 11.3 Å². The zero-order valence-corrected chi connectivity index (χ0v) is 18.5. The summed E-state index contributed by atoms with van der Waals surface area (Å²) in [6.07, 6.45) is 7.87. The van der Waals surface area contributed by atoms with Crippen molar-refractivity contribution in [3.05, 3.63) is 42.0 Å². The first kappa shape index (κ1) is 21.2. The van der Waals surface area contributed by atoms with Crippen molar-refractivity contribution in [3.63, 3.8) is 0 Å². The van der Waals surface area contributed by atoms with Gasteiger partial charge in [-0.3, -0.25) is 0 Å². The Balaban J connectivity index is 1.68. The molecule has 0 N–H and O–H groups in total. The number of hydrogen-bond acceptors (Lipinski definition) is 2. The highest BCUT2D eigenvalue weighted by atomic mass is 16.7. The van der Waals surface area contributed by atoms with Gasteiger partial charge in [-0.05, 0) is 65.0 Å². The van der Waals surface area contributed by atoms with Gasteiger partial charge in [0, 0.05) is 0 Å². The number of rotatable bonds is 7. The van der Waals surface area contributed by atoms with Gasteiger partial charge in [-0.1, -0.05) is 78.1 Å². The lowest BCUT2D eigenvalue weighted by atomic mass is 9.72. The van der Waals surface area contributed by atoms with E-state index >= 15 is 0 Å². The molecule has 0 aliphatic heterocycles. The van der Waals surface area contributed by atoms with E-state index in [1.54, 1.807) is 0 Å². The Morgan fingerprint density at radius 1 is 0.929 bits per heavy atom. The highest BCUT2D eigenvalue weighted by Gasteiger charge is 2.27. The minimum absolute atomic E-state index is 0.261. The summed E-state index contributed by atoms with van der Waals surface area (Å²) in [6.45, 7) is 12.1. The average molecular weight is 383 g/mol. The maximum atomic E-state index is 5.90. The van der Waals surface area contributed by atoms with Gasteiger partial charge in [-0.25, -0.2) is 0 Å². The van der Waals surface area contributed by atoms with E-state index in [2.05, 4.69) is 71.0 Å². The molecule has 1 saturated carbocycles. The van der Waals surface area contributed by atoms with E-state index in [1.165, 1.54) is 54.9 Å². The largest absolute Gasteiger partial charge is 0.468 e. The topological polar surface area (TPSA) is 18.5 Å². The van der Waals surface area contributed by atoms with E-state index in [4.69, 9.17) is 9.47 Å². The molecular formula is C26H38O2. The van der Waals surface area contributed by atoms with Gasteiger partial charge < -0.3 is 9.47 Å². The van der Waals surface area contributed by atoms with Crippen LogP contribution in [0.5, 0.6) is 5.75 Å². The van der Waals surface area contributed by atoms with Gasteiger partial charge in [0.2, 0.25) is 0 Å². The summed E-state index contributed by atoms with van der Waals surface area (Å²) in [5.41, 5.74) is 1.71. The summed E-state index contributed by atoms with van der Waals surface area (Å²) in [6, 6.07) is 13.3. The first-order valence-corrected chi connectivity index (χ1v) is 11.1. The second-order valence-electron chi connectivity index (χ2n) is 10.0. The molecule has 1 atom stereocenters. The molecule has 1 unspecified atom stereocenters. The van der Waals surface area contributed by atoms with E-state index < -0.39 is 0 Å². The Morgan fingerprint density at radius 2 is 1.61 bits per heavy atom. The van der Waals surface area contributed by atoms with Gasteiger partial charge in [0.15, 0.2) is 6.79 Å². The summed E-state index contributed by atoms with van der Waals surface area (Å²) >= 11 is 0. The highest BCUT2D eigenvalue weighted by molar-refractivity contribution is 5.84. The minimum Gasteiger partial charge on any atom is -0.468 e. The molecule has 2 heteroatoms. The van der Waals surface area contributed by atoms with Gasteiger partial charge in [-0.2, -0.15) is 0 Å². The van der Waals surface area contributed by atoms with Crippen LogP contribution < -0.4 is 4.74 Å². The van der Waals surface area contributed by atoms with Crippen LogP contribution in [0.25, 0.3) is 10.8 Å². The molecule has 3 rings (SSSR count). The standard InChI is InChI=1S/C26H38O2/c1-19(2)15-25(26(3,4)5)22-12-11-21-17-24(14-13-20(21)16-22)28-18-27-23-9-7-6-8-10-23/h11-14,16-17,19,23,25H,6-10,15,18H2,1-5H3. The second kappa shape index (κ2) is 9.31. The molecule has 2 aromatic rings. The number of fused-ring (bicyclic) bond motifs is 1. The number of ether oxygens (including phenoxy) is 2. The lowest BCUT2D eigenvalue weighted by molar-refractivity contribution is -0.0496. The Labute approximate surface area is 171 Å². The maximum absolute atomic E-state index is 5.90. The van der Waals surface area contributed by atoms with E-state index in [0.717, 1.165) is 5.75 Å². The Hall–Kier alpha value is -1.54. The summed E-state index contributed by atoms with van der Waals surface area (Å²) in [4.78, 5) is 0. The van der Waals surface area contributed by atoms with Gasteiger partial charge in [0.25, 0.3) is 0 Å². The molecule has 1 aliphatic carbocycles. The van der Waals surface area contributed by atoms with Crippen LogP contribution in [0.1, 0.15) is 84.6 Å². The molecule has 0 amide bonds. The second-order valence-corrected chi connectivity index (χ2v) is 10.0. The molecule has 28 heavy (non-hydrogen) atoms. The lowest BCUT2D eigenvalue weighted by Gasteiger charge is -2.33. The van der Waals surface area contributed by atoms with Crippen molar-refractivity contribution in [3.8, 4) is 5.75 Å². The minimum atomic E-state index is 0.261. The Morgan fingerprint density at radius 3 is 2.29 bits per heavy atom. The normalized spacial score (nSPS) is 17.2. The SMILES string of the molecule is CC(C)CC(c1ccc2cc(OCOC3CCCCC3)ccc2c1)C(C)(C)C. The van der Waals surface area contributed by atoms with E-state index in [9.17, 15) is 0 Å². The van der Waals surface area contributed by atoms with E-state index in [1.807, 2.05) is 0 Å². The first-order chi connectivity index (χ1) is 13.3. The molecular weight excluding hydrogens is 344 g/mol. The fourth-order valence-corrected chi connectivity index (χ4v) is 4.44. The van der Waals surface area contributed by atoms with Crippen LogP contribution in [0.4, 0.5) is 0 Å². The van der Waals surface area contributed by atoms with E-state index in [-0.39, 0.29) is 5.41 Å². The number of hydrogen-bond donors (Lipinski definition) is 0. The van der Waals surface area contributed by atoms with E-state index in [0.29, 0.717) is 24.7 Å². The van der Waals surface area contributed by atoms with Crippen LogP contribution in [0.3, 0.4) is 0 Å². The maximum Gasteiger partial charge on any atom is 0.189 e. The molecule has 0 radical (unpaired) electrons. The third kappa shape index (κ3) is 5.73. The molecule has 2 aromatic carbocycles. The average Bonchev–Trinajstić information content (AvgIpc) is 2.65. The predicted molar refractivity (Wildman–Crippen MR) is 119 cm³/mol. The van der Waals surface area contributed by atoms with Crippen molar-refractivity contribution in [2.75, 3.05) is 6.79 Å². The van der Waals surface area contributed by atoms with Gasteiger partial charge in [0.1, 0.15) is 5.75 Å². The molecule has 0 spiro atoms. The van der Waals surface area contributed by atoms with Gasteiger partial charge in [0.05, 0.1) is 6.10 Å². The van der Waals surface area contributed by atoms with Gasteiger partial charge >= 0.3 is 0 Å². The van der Waals surface area contributed by atoms with Crippen molar-refractivity contribution in [1.82, 2.24) is 0 Å². The van der Waals surface area contributed by atoms with Crippen molar-refractivity contribution in [1.29, 1.82) is 0 Å². The molecule has 0 heterocycles. The quantitative estimate of drug-likeness (QED) is 0.457. The molecule has 1 aliphatic rings. The molecule has 0 aromatic heterocycles. The highest BCUT2D eigenvalue weighted by Crippen LogP contribution is 2.40. The van der Waals surface area contributed by atoms with Crippen LogP contribution in [-0.2, 0) is 4.74 Å². The van der Waals surface area contributed by atoms with Crippen LogP contribution in [0.15, 0.2) is 36.4 Å². The van der Waals surface area contributed by atoms with Crippen molar-refractivity contribution < 1.29 is 9.47 Å². The Kier molecular flexibility index (Phi) is 7.04. The predicted octanol–water partition coefficient (Wildman–Crippen LogP) is 7.70. The molecule has 1 fully saturated rings. The fourth-order valence-electron chi connectivity index (χ4n) is 4.44. The van der Waals surface area contributed by atoms with Gasteiger partial charge in [-0.15, -0.1) is 0 Å². The molecule has 0 saturated heterocycles. The molecule has 2 nitrogen and oxygen atoms in total. The lowest BCUT2D eigenvalue weighted by Crippen LogP contribution is -2.20. The number of benzene rings is 2. The third-order valence-electron chi connectivity index (χ3n) is 6.07. The third-order valence-corrected chi connectivity index (χ3v) is 6.07. The van der Waals surface area contributed by atoms with Crippen LogP contribution >= 0.6 is 0 Å². The van der Waals surface area contributed by atoms with Crippen LogP contribution in [0.2, 0.25) is 0 Å². The fraction of sp³-hybridized carbons (Fsp3) is 0.615. The monoisotopic (exact) mass is 382 g/mol. The zero-order chi connectivity index (χ0) is 20.1. The zero-order valence-electron chi connectivity index (χ0n) is 18.5. The summed E-state index contributed by atoms with van der Waals surface area (Å²) < 4.78 is 11.8. The molecule has 154 valence electrons. The Bertz CT molecular complexity index is 751. The van der Waals surface area contributed by atoms with Crippen molar-refractivity contribution in [2.45, 2.75) is 85.2 Å². The van der Waals surface area contributed by atoms with Crippen LogP contribution in [0, 0.1) is 11.3 Å². The van der Waals surface area contributed by atoms with Crippen LogP contribution in [-0.4, -0.2) is 12.9 Å². The smallest absolute Gasteiger partial charge is 0.189 e.